The third kappa shape index (κ3) is 3.10. The minimum absolute atomic E-state index is 0.292. The molecule has 1 aromatic heterocycles. The number of carbonyl (C=O) groups is 1. The molecular weight excluding hydrogens is 300 g/mol. The number of hydrogen-bond donors (Lipinski definition) is 1. The van der Waals surface area contributed by atoms with Crippen LogP contribution in [0.4, 0.5) is 5.82 Å². The first-order valence-electron chi connectivity index (χ1n) is 5.29. The van der Waals surface area contributed by atoms with Gasteiger partial charge in [-0.1, -0.05) is 17.3 Å². The smallest absolute Gasteiger partial charge is 0.266 e. The molecule has 0 aliphatic heterocycles. The molecule has 5 nitrogen and oxygen atoms in total. The summed E-state index contributed by atoms with van der Waals surface area (Å²) in [5.41, 5.74) is 0. The number of aromatic nitrogens is 1. The van der Waals surface area contributed by atoms with Gasteiger partial charge in [-0.15, -0.1) is 0 Å². The second kappa shape index (κ2) is 5.68. The average molecular weight is 311 g/mol. The summed E-state index contributed by atoms with van der Waals surface area (Å²) in [6, 6.07) is 8.89. The highest BCUT2D eigenvalue weighted by Gasteiger charge is 2.16. The monoisotopic (exact) mass is 310 g/mol. The van der Waals surface area contributed by atoms with Crippen molar-refractivity contribution in [3.63, 3.8) is 0 Å². The molecule has 6 heteroatoms. The van der Waals surface area contributed by atoms with Crippen LogP contribution >= 0.6 is 15.9 Å². The molecule has 0 spiro atoms. The van der Waals surface area contributed by atoms with E-state index in [1.807, 2.05) is 18.2 Å². The molecule has 1 atom stereocenters. The zero-order valence-electron chi connectivity index (χ0n) is 9.59. The molecule has 0 radical (unpaired) electrons. The number of benzene rings is 1. The maximum Gasteiger partial charge on any atom is 0.266 e. The first kappa shape index (κ1) is 12.6. The number of para-hydroxylation sites is 1. The number of carbonyl (C=O) groups excluding carboxylic acids is 1. The minimum Gasteiger partial charge on any atom is -0.480 e. The van der Waals surface area contributed by atoms with E-state index in [-0.39, 0.29) is 5.91 Å². The normalized spacial score (nSPS) is 11.9. The standard InChI is InChI=1S/C12H11BrN2O3/c1-8(12(16)14-11-6-7-17-15-11)18-10-5-3-2-4-9(10)13/h2-8H,1H3,(H,14,15,16). The van der Waals surface area contributed by atoms with Crippen LogP contribution < -0.4 is 10.1 Å². The minimum atomic E-state index is -0.639. The van der Waals surface area contributed by atoms with Gasteiger partial charge >= 0.3 is 0 Å². The fourth-order valence-corrected chi connectivity index (χ4v) is 1.67. The SMILES string of the molecule is CC(Oc1ccccc1Br)C(=O)Nc1ccon1. The van der Waals surface area contributed by atoms with Gasteiger partial charge in [-0.25, -0.2) is 0 Å². The van der Waals surface area contributed by atoms with Crippen LogP contribution in [0.3, 0.4) is 0 Å². The van der Waals surface area contributed by atoms with Crippen LogP contribution in [0.15, 0.2) is 45.6 Å². The molecule has 2 aromatic rings. The molecule has 1 unspecified atom stereocenters. The average Bonchev–Trinajstić information content (AvgIpc) is 2.84. The molecule has 1 amide bonds. The first-order valence-corrected chi connectivity index (χ1v) is 6.08. The van der Waals surface area contributed by atoms with Gasteiger partial charge in [0.25, 0.3) is 5.91 Å². The molecule has 0 saturated carbocycles. The van der Waals surface area contributed by atoms with Crippen LogP contribution in [0.2, 0.25) is 0 Å². The van der Waals surface area contributed by atoms with E-state index in [0.717, 1.165) is 4.47 Å². The fourth-order valence-electron chi connectivity index (χ4n) is 1.29. The van der Waals surface area contributed by atoms with E-state index < -0.39 is 6.10 Å². The van der Waals surface area contributed by atoms with Gasteiger partial charge < -0.3 is 14.6 Å². The number of nitrogens with zero attached hydrogens (tertiary/aromatic N) is 1. The van der Waals surface area contributed by atoms with Crippen molar-refractivity contribution in [3.05, 3.63) is 41.1 Å². The summed E-state index contributed by atoms with van der Waals surface area (Å²) < 4.78 is 11.0. The highest BCUT2D eigenvalue weighted by Crippen LogP contribution is 2.24. The highest BCUT2D eigenvalue weighted by atomic mass is 79.9. The van der Waals surface area contributed by atoms with E-state index >= 15 is 0 Å². The van der Waals surface area contributed by atoms with Crippen molar-refractivity contribution >= 4 is 27.7 Å². The van der Waals surface area contributed by atoms with E-state index in [4.69, 9.17) is 4.74 Å². The Morgan fingerprint density at radius 2 is 2.22 bits per heavy atom. The van der Waals surface area contributed by atoms with Crippen LogP contribution in [-0.2, 0) is 4.79 Å². The lowest BCUT2D eigenvalue weighted by Crippen LogP contribution is -2.30. The third-order valence-corrected chi connectivity index (χ3v) is 2.85. The number of anilines is 1. The number of ether oxygens (including phenoxy) is 1. The number of rotatable bonds is 4. The lowest BCUT2D eigenvalue weighted by atomic mass is 10.3. The Bertz CT molecular complexity index is 528. The van der Waals surface area contributed by atoms with Gasteiger partial charge in [-0.05, 0) is 35.0 Å². The van der Waals surface area contributed by atoms with Gasteiger partial charge in [0, 0.05) is 6.07 Å². The van der Waals surface area contributed by atoms with Crippen LogP contribution in [0.1, 0.15) is 6.92 Å². The number of amides is 1. The van der Waals surface area contributed by atoms with Crippen molar-refractivity contribution < 1.29 is 14.1 Å². The van der Waals surface area contributed by atoms with Gasteiger partial charge in [0.2, 0.25) is 0 Å². The molecular formula is C12H11BrN2O3. The number of nitrogens with one attached hydrogen (secondary N) is 1. The fraction of sp³-hybridized carbons (Fsp3) is 0.167. The molecule has 0 fully saturated rings. The Morgan fingerprint density at radius 1 is 1.44 bits per heavy atom. The van der Waals surface area contributed by atoms with Gasteiger partial charge in [0.05, 0.1) is 4.47 Å². The maximum absolute atomic E-state index is 11.8. The zero-order valence-corrected chi connectivity index (χ0v) is 11.2. The van der Waals surface area contributed by atoms with E-state index in [1.54, 1.807) is 19.1 Å². The van der Waals surface area contributed by atoms with Gasteiger partial charge in [0.1, 0.15) is 12.0 Å². The number of halogens is 1. The maximum atomic E-state index is 11.8. The van der Waals surface area contributed by atoms with Gasteiger partial charge in [0.15, 0.2) is 11.9 Å². The van der Waals surface area contributed by atoms with E-state index in [1.165, 1.54) is 6.26 Å². The Morgan fingerprint density at radius 3 is 2.89 bits per heavy atom. The summed E-state index contributed by atoms with van der Waals surface area (Å²) in [5.74, 6) is 0.683. The van der Waals surface area contributed by atoms with Crippen LogP contribution in [0.25, 0.3) is 0 Å². The largest absolute Gasteiger partial charge is 0.480 e. The lowest BCUT2D eigenvalue weighted by Gasteiger charge is -2.14. The Kier molecular flexibility index (Phi) is 3.99. The van der Waals surface area contributed by atoms with Crippen LogP contribution in [0.5, 0.6) is 5.75 Å². The molecule has 18 heavy (non-hydrogen) atoms. The van der Waals surface area contributed by atoms with Crippen molar-refractivity contribution in [2.75, 3.05) is 5.32 Å². The molecule has 1 aromatic carbocycles. The summed E-state index contributed by atoms with van der Waals surface area (Å²) in [6.45, 7) is 1.66. The lowest BCUT2D eigenvalue weighted by molar-refractivity contribution is -0.122. The van der Waals surface area contributed by atoms with Crippen LogP contribution in [0, 0.1) is 0 Å². The quantitative estimate of drug-likeness (QED) is 0.943. The second-order valence-electron chi connectivity index (χ2n) is 3.56. The van der Waals surface area contributed by atoms with Gasteiger partial charge in [-0.2, -0.15) is 0 Å². The highest BCUT2D eigenvalue weighted by molar-refractivity contribution is 9.10. The summed E-state index contributed by atoms with van der Waals surface area (Å²) in [5, 5.41) is 6.17. The van der Waals surface area contributed by atoms with E-state index in [9.17, 15) is 4.79 Å². The molecule has 1 heterocycles. The second-order valence-corrected chi connectivity index (χ2v) is 4.42. The van der Waals surface area contributed by atoms with E-state index in [0.29, 0.717) is 11.6 Å². The molecule has 2 rings (SSSR count). The molecule has 0 aliphatic rings. The van der Waals surface area contributed by atoms with Crippen molar-refractivity contribution in [2.24, 2.45) is 0 Å². The zero-order chi connectivity index (χ0) is 13.0. The predicted octanol–water partition coefficient (Wildman–Crippen LogP) is 2.84. The summed E-state index contributed by atoms with van der Waals surface area (Å²) in [6.07, 6.45) is 0.745. The van der Waals surface area contributed by atoms with Gasteiger partial charge in [-0.3, -0.25) is 4.79 Å². The topological polar surface area (TPSA) is 64.4 Å². The predicted molar refractivity (Wildman–Crippen MR) is 69.4 cm³/mol. The molecule has 0 bridgehead atoms. The van der Waals surface area contributed by atoms with E-state index in [2.05, 4.69) is 30.9 Å². The van der Waals surface area contributed by atoms with Crippen LogP contribution in [-0.4, -0.2) is 17.2 Å². The van der Waals surface area contributed by atoms with Crippen molar-refractivity contribution in [1.29, 1.82) is 0 Å². The summed E-state index contributed by atoms with van der Waals surface area (Å²) in [7, 11) is 0. The Hall–Kier alpha value is -1.82. The molecule has 0 aliphatic carbocycles. The Labute approximate surface area is 112 Å². The number of hydrogen-bond acceptors (Lipinski definition) is 4. The Balaban J connectivity index is 1.97. The van der Waals surface area contributed by atoms with Crippen molar-refractivity contribution in [2.45, 2.75) is 13.0 Å². The third-order valence-electron chi connectivity index (χ3n) is 2.20. The molecule has 94 valence electrons. The molecule has 0 saturated heterocycles. The van der Waals surface area contributed by atoms with Crippen molar-refractivity contribution in [3.8, 4) is 5.75 Å². The first-order chi connectivity index (χ1) is 8.66. The summed E-state index contributed by atoms with van der Waals surface area (Å²) >= 11 is 3.35. The van der Waals surface area contributed by atoms with Crippen molar-refractivity contribution in [1.82, 2.24) is 5.16 Å². The molecule has 1 N–H and O–H groups in total. The summed E-state index contributed by atoms with van der Waals surface area (Å²) in [4.78, 5) is 11.8.